The molecule has 0 aromatic rings. The summed E-state index contributed by atoms with van der Waals surface area (Å²) in [5, 5.41) is 2.66. The molecule has 0 bridgehead atoms. The molecule has 0 aromatic heterocycles. The van der Waals surface area contributed by atoms with Gasteiger partial charge in [0.05, 0.1) is 11.3 Å². The summed E-state index contributed by atoms with van der Waals surface area (Å²) in [6.07, 6.45) is 13.6. The van der Waals surface area contributed by atoms with Crippen molar-refractivity contribution in [3.8, 4) is 0 Å². The Labute approximate surface area is 214 Å². The van der Waals surface area contributed by atoms with Crippen molar-refractivity contribution in [3.63, 3.8) is 0 Å². The van der Waals surface area contributed by atoms with Crippen molar-refractivity contribution in [2.24, 2.45) is 0 Å². The Balaban J connectivity index is 0. The molecule has 27 heavy (non-hydrogen) atoms. The zero-order valence-electron chi connectivity index (χ0n) is 16.9. The van der Waals surface area contributed by atoms with Crippen LogP contribution in [0.5, 0.6) is 0 Å². The fourth-order valence-electron chi connectivity index (χ4n) is 2.89. The second-order valence-corrected chi connectivity index (χ2v) is 10.4. The average molecular weight is 450 g/mol. The van der Waals surface area contributed by atoms with Gasteiger partial charge < -0.3 is 5.32 Å². The molecule has 0 aliphatic rings. The molecule has 0 radical (unpaired) electrons. The number of nitrogens with one attached hydrogen (secondary N) is 1. The van der Waals surface area contributed by atoms with Gasteiger partial charge in [-0.1, -0.05) is 64.7 Å². The number of carbonyl (C=O) groups excluding carboxylic acids is 1. The number of hydrogen-bond acceptors (Lipinski definition) is 4. The van der Waals surface area contributed by atoms with Gasteiger partial charge >= 0.3 is 51.4 Å². The molecule has 0 aliphatic heterocycles. The molecule has 0 aliphatic carbocycles. The molecule has 0 saturated carbocycles. The summed E-state index contributed by atoms with van der Waals surface area (Å²) in [7, 11) is -4.10. The van der Waals surface area contributed by atoms with Crippen LogP contribution in [-0.2, 0) is 14.9 Å². The van der Waals surface area contributed by atoms with E-state index in [-0.39, 0.29) is 57.3 Å². The van der Waals surface area contributed by atoms with Gasteiger partial charge in [0, 0.05) is 12.2 Å². The summed E-state index contributed by atoms with van der Waals surface area (Å²) >= 11 is 1.77. The number of carbonyl (C=O) groups is 1. The minimum absolute atomic E-state index is 0. The molecule has 0 spiro atoms. The van der Waals surface area contributed by atoms with Crippen LogP contribution < -0.4 is 5.32 Å². The molecule has 0 unspecified atom stereocenters. The van der Waals surface area contributed by atoms with Crippen LogP contribution in [0.3, 0.4) is 0 Å². The van der Waals surface area contributed by atoms with Gasteiger partial charge in [-0.15, -0.1) is 0 Å². The maximum absolute atomic E-state index is 11.8. The van der Waals surface area contributed by atoms with Crippen molar-refractivity contribution >= 4 is 79.2 Å². The Morgan fingerprint density at radius 1 is 0.926 bits per heavy atom. The molecule has 1 amide bonds. The molecule has 8 heteroatoms. The fraction of sp³-hybridized carbons (Fsp3) is 0.947. The van der Waals surface area contributed by atoms with Crippen molar-refractivity contribution in [2.75, 3.05) is 17.3 Å². The molecule has 0 atom stereocenters. The van der Waals surface area contributed by atoms with Gasteiger partial charge in [-0.2, -0.15) is 20.2 Å². The van der Waals surface area contributed by atoms with Gasteiger partial charge in [0.15, 0.2) is 0 Å². The molecule has 5 nitrogen and oxygen atoms in total. The van der Waals surface area contributed by atoms with E-state index in [1.807, 2.05) is 0 Å². The normalized spacial score (nSPS) is 11.9. The van der Waals surface area contributed by atoms with Gasteiger partial charge in [0.2, 0.25) is 5.91 Å². The van der Waals surface area contributed by atoms with Crippen LogP contribution in [0.15, 0.2) is 0 Å². The third kappa shape index (κ3) is 23.5. The SMILES string of the molecule is CCCCCCCCCCCCSCCC(=O)NC(C)(C)CS(=O)(=O)O.[KH]. The molecule has 0 saturated heterocycles. The maximum atomic E-state index is 11.8. The van der Waals surface area contributed by atoms with Crippen LogP contribution >= 0.6 is 11.8 Å². The third-order valence-electron chi connectivity index (χ3n) is 4.14. The first-order chi connectivity index (χ1) is 12.2. The zero-order chi connectivity index (χ0) is 19.9. The first kappa shape index (κ1) is 30.6. The van der Waals surface area contributed by atoms with E-state index in [9.17, 15) is 13.2 Å². The number of unbranched alkanes of at least 4 members (excludes halogenated alkanes) is 9. The van der Waals surface area contributed by atoms with Crippen molar-refractivity contribution in [3.05, 3.63) is 0 Å². The van der Waals surface area contributed by atoms with Crippen LogP contribution in [-0.4, -0.2) is 93.1 Å². The van der Waals surface area contributed by atoms with Gasteiger partial charge in [-0.25, -0.2) is 0 Å². The van der Waals surface area contributed by atoms with Crippen molar-refractivity contribution in [1.82, 2.24) is 5.32 Å². The third-order valence-corrected chi connectivity index (χ3v) is 6.29. The zero-order valence-corrected chi connectivity index (χ0v) is 18.5. The summed E-state index contributed by atoms with van der Waals surface area (Å²) in [4.78, 5) is 11.8. The van der Waals surface area contributed by atoms with Crippen molar-refractivity contribution in [1.29, 1.82) is 0 Å². The van der Waals surface area contributed by atoms with E-state index in [2.05, 4.69) is 12.2 Å². The van der Waals surface area contributed by atoms with Gasteiger partial charge in [-0.3, -0.25) is 9.35 Å². The Kier molecular flexibility index (Phi) is 20.6. The van der Waals surface area contributed by atoms with E-state index in [4.69, 9.17) is 4.55 Å². The van der Waals surface area contributed by atoms with Crippen molar-refractivity contribution in [2.45, 2.75) is 96.9 Å². The topological polar surface area (TPSA) is 83.5 Å². The number of amides is 1. The van der Waals surface area contributed by atoms with Gasteiger partial charge in [-0.05, 0) is 26.0 Å². The Morgan fingerprint density at radius 3 is 1.89 bits per heavy atom. The quantitative estimate of drug-likeness (QED) is 0.198. The van der Waals surface area contributed by atoms with Gasteiger partial charge in [0.1, 0.15) is 0 Å². The summed E-state index contributed by atoms with van der Waals surface area (Å²) in [6, 6.07) is 0. The predicted octanol–water partition coefficient (Wildman–Crippen LogP) is 4.16. The van der Waals surface area contributed by atoms with Crippen LogP contribution in [0, 0.1) is 0 Å². The Bertz CT molecular complexity index is 470. The average Bonchev–Trinajstić information content (AvgIpc) is 2.48. The van der Waals surface area contributed by atoms with E-state index >= 15 is 0 Å². The summed E-state index contributed by atoms with van der Waals surface area (Å²) in [5.74, 6) is 1.16. The first-order valence-corrected chi connectivity index (χ1v) is 12.8. The predicted molar refractivity (Wildman–Crippen MR) is 120 cm³/mol. The van der Waals surface area contributed by atoms with E-state index in [0.717, 1.165) is 11.5 Å². The molecule has 0 aromatic carbocycles. The standard InChI is InChI=1S/C19H39NO4S2.K.H/c1-4-5-6-7-8-9-10-11-12-13-15-25-16-14-18(21)20-19(2,3)17-26(22,23)24;;/h4-17H2,1-3H3,(H,20,21)(H,22,23,24);;. The Hall–Kier alpha value is 1.37. The molecular weight excluding hydrogens is 409 g/mol. The number of rotatable bonds is 17. The summed E-state index contributed by atoms with van der Waals surface area (Å²) < 4.78 is 30.7. The Morgan fingerprint density at radius 2 is 1.41 bits per heavy atom. The monoisotopic (exact) mass is 449 g/mol. The van der Waals surface area contributed by atoms with E-state index < -0.39 is 21.4 Å². The summed E-state index contributed by atoms with van der Waals surface area (Å²) in [5.41, 5.74) is -0.953. The molecular formula is C19H40KNO4S2. The molecule has 0 rings (SSSR count). The molecule has 158 valence electrons. The minimum atomic E-state index is -4.10. The fourth-order valence-corrected chi connectivity index (χ4v) is 4.82. The van der Waals surface area contributed by atoms with E-state index in [0.29, 0.717) is 6.42 Å². The number of hydrogen-bond donors (Lipinski definition) is 2. The molecule has 2 N–H and O–H groups in total. The second kappa shape index (κ2) is 18.2. The van der Waals surface area contributed by atoms with Crippen LogP contribution in [0.25, 0.3) is 0 Å². The molecule has 0 fully saturated rings. The van der Waals surface area contributed by atoms with Crippen molar-refractivity contribution < 1.29 is 17.8 Å². The molecule has 0 heterocycles. The van der Waals surface area contributed by atoms with Gasteiger partial charge in [0.25, 0.3) is 10.1 Å². The number of thioether (sulfide) groups is 1. The van der Waals surface area contributed by atoms with Crippen LogP contribution in [0.2, 0.25) is 0 Å². The second-order valence-electron chi connectivity index (χ2n) is 7.70. The van der Waals surface area contributed by atoms with E-state index in [1.165, 1.54) is 64.2 Å². The summed E-state index contributed by atoms with van der Waals surface area (Å²) in [6.45, 7) is 5.43. The first-order valence-electron chi connectivity index (χ1n) is 10.0. The van der Waals surface area contributed by atoms with Crippen LogP contribution in [0.1, 0.15) is 91.4 Å². The van der Waals surface area contributed by atoms with Crippen LogP contribution in [0.4, 0.5) is 0 Å². The van der Waals surface area contributed by atoms with E-state index in [1.54, 1.807) is 25.6 Å².